The van der Waals surface area contributed by atoms with Gasteiger partial charge in [-0.2, -0.15) is 5.10 Å². The second-order valence-corrected chi connectivity index (χ2v) is 7.43. The molecule has 2 aromatic carbocycles. The molecule has 0 bridgehead atoms. The Bertz CT molecular complexity index is 1440. The zero-order valence-electron chi connectivity index (χ0n) is 16.3. The van der Waals surface area contributed by atoms with Gasteiger partial charge in [-0.05, 0) is 36.4 Å². The Balaban J connectivity index is 1.49. The number of para-hydroxylation sites is 1. The van der Waals surface area contributed by atoms with Crippen molar-refractivity contribution in [2.45, 2.75) is 0 Å². The van der Waals surface area contributed by atoms with E-state index in [0.29, 0.717) is 0 Å². The highest BCUT2D eigenvalue weighted by atomic mass is 35.5. The van der Waals surface area contributed by atoms with Crippen molar-refractivity contribution >= 4 is 28.8 Å². The summed E-state index contributed by atoms with van der Waals surface area (Å²) in [6, 6.07) is 12.0. The summed E-state index contributed by atoms with van der Waals surface area (Å²) in [5.74, 6) is -2.46. The number of pyridine rings is 1. The highest BCUT2D eigenvalue weighted by molar-refractivity contribution is 6.34. The lowest BCUT2D eigenvalue weighted by atomic mass is 10.1. The zero-order valence-corrected chi connectivity index (χ0v) is 17.1. The molecule has 0 spiro atoms. The molecule has 0 radical (unpaired) electrons. The number of rotatable bonds is 4. The largest absolute Gasteiger partial charge is 0.317 e. The molecule has 0 aliphatic carbocycles. The van der Waals surface area contributed by atoms with Gasteiger partial charge in [0.2, 0.25) is 0 Å². The van der Waals surface area contributed by atoms with Crippen LogP contribution in [0.2, 0.25) is 5.02 Å². The van der Waals surface area contributed by atoms with Gasteiger partial charge in [0.25, 0.3) is 5.91 Å². The van der Waals surface area contributed by atoms with Gasteiger partial charge in [0, 0.05) is 29.1 Å². The van der Waals surface area contributed by atoms with Gasteiger partial charge in [0.05, 0.1) is 28.7 Å². The van der Waals surface area contributed by atoms with Crippen LogP contribution < -0.4 is 5.32 Å². The average Bonchev–Trinajstić information content (AvgIpc) is 3.46. The van der Waals surface area contributed by atoms with E-state index in [1.807, 2.05) is 22.7 Å². The molecule has 0 aliphatic rings. The summed E-state index contributed by atoms with van der Waals surface area (Å²) in [6.07, 6.45) is 7.15. The first-order valence-electron chi connectivity index (χ1n) is 9.53. The lowest BCUT2D eigenvalue weighted by Gasteiger charge is -2.10. The first kappa shape index (κ1) is 19.9. The van der Waals surface area contributed by atoms with E-state index in [4.69, 9.17) is 11.6 Å². The average molecular weight is 450 g/mol. The topological polar surface area (TPSA) is 75.1 Å². The quantitative estimate of drug-likeness (QED) is 0.376. The molecule has 32 heavy (non-hydrogen) atoms. The summed E-state index contributed by atoms with van der Waals surface area (Å²) in [4.78, 5) is 17.0. The molecule has 0 atom stereocenters. The van der Waals surface area contributed by atoms with Crippen LogP contribution in [0, 0.1) is 11.6 Å². The van der Waals surface area contributed by atoms with E-state index in [9.17, 15) is 13.6 Å². The number of fused-ring (bicyclic) bond motifs is 1. The SMILES string of the molecule is O=C(Nc1c(F)cccc1F)c1ccc(-c2cnc3ccc(-c4cn[nH]c4)cn23)cc1Cl. The minimum Gasteiger partial charge on any atom is -0.317 e. The first-order valence-corrected chi connectivity index (χ1v) is 9.90. The van der Waals surface area contributed by atoms with E-state index >= 15 is 0 Å². The minimum atomic E-state index is -0.870. The molecule has 0 fully saturated rings. The van der Waals surface area contributed by atoms with Crippen LogP contribution in [0.15, 0.2) is 73.3 Å². The van der Waals surface area contributed by atoms with Gasteiger partial charge < -0.3 is 5.32 Å². The van der Waals surface area contributed by atoms with Gasteiger partial charge in [-0.1, -0.05) is 23.7 Å². The predicted octanol–water partition coefficient (Wildman–Crippen LogP) is 5.58. The van der Waals surface area contributed by atoms with Gasteiger partial charge in [0.1, 0.15) is 23.0 Å². The molecule has 3 aromatic heterocycles. The smallest absolute Gasteiger partial charge is 0.257 e. The van der Waals surface area contributed by atoms with Crippen LogP contribution in [-0.2, 0) is 0 Å². The van der Waals surface area contributed by atoms with Crippen LogP contribution in [0.3, 0.4) is 0 Å². The van der Waals surface area contributed by atoms with E-state index in [-0.39, 0.29) is 10.6 Å². The van der Waals surface area contributed by atoms with Gasteiger partial charge >= 0.3 is 0 Å². The van der Waals surface area contributed by atoms with Crippen LogP contribution in [0.1, 0.15) is 10.4 Å². The van der Waals surface area contributed by atoms with Gasteiger partial charge in [-0.3, -0.25) is 14.3 Å². The fourth-order valence-electron chi connectivity index (χ4n) is 3.43. The molecule has 3 heterocycles. The van der Waals surface area contributed by atoms with Gasteiger partial charge in [-0.15, -0.1) is 0 Å². The molecule has 158 valence electrons. The summed E-state index contributed by atoms with van der Waals surface area (Å²) < 4.78 is 29.6. The number of carbonyl (C=O) groups is 1. The molecule has 0 saturated carbocycles. The second-order valence-electron chi connectivity index (χ2n) is 7.02. The van der Waals surface area contributed by atoms with E-state index in [2.05, 4.69) is 20.5 Å². The zero-order chi connectivity index (χ0) is 22.2. The Morgan fingerprint density at radius 2 is 1.78 bits per heavy atom. The maximum Gasteiger partial charge on any atom is 0.257 e. The van der Waals surface area contributed by atoms with Crippen LogP contribution in [0.4, 0.5) is 14.5 Å². The number of amides is 1. The molecular formula is C23H14ClF2N5O. The lowest BCUT2D eigenvalue weighted by Crippen LogP contribution is -2.14. The van der Waals surface area contributed by atoms with Crippen molar-refractivity contribution in [1.29, 1.82) is 0 Å². The summed E-state index contributed by atoms with van der Waals surface area (Å²) in [5.41, 5.74) is 3.66. The van der Waals surface area contributed by atoms with Crippen molar-refractivity contribution < 1.29 is 13.6 Å². The molecule has 9 heteroatoms. The molecular weight excluding hydrogens is 436 g/mol. The van der Waals surface area contributed by atoms with Crippen molar-refractivity contribution in [3.63, 3.8) is 0 Å². The predicted molar refractivity (Wildman–Crippen MR) is 118 cm³/mol. The third-order valence-electron chi connectivity index (χ3n) is 5.05. The fourth-order valence-corrected chi connectivity index (χ4v) is 3.70. The molecule has 6 nitrogen and oxygen atoms in total. The maximum absolute atomic E-state index is 13.9. The van der Waals surface area contributed by atoms with E-state index < -0.39 is 23.2 Å². The fraction of sp³-hybridized carbons (Fsp3) is 0. The Morgan fingerprint density at radius 1 is 1.00 bits per heavy atom. The monoisotopic (exact) mass is 449 g/mol. The Kier molecular flexibility index (Phi) is 4.91. The molecule has 0 unspecified atom stereocenters. The Morgan fingerprint density at radius 3 is 2.50 bits per heavy atom. The number of imidazole rings is 1. The Hall–Kier alpha value is -4.04. The summed E-state index contributed by atoms with van der Waals surface area (Å²) in [6.45, 7) is 0. The molecule has 0 aliphatic heterocycles. The number of H-pyrrole nitrogens is 1. The third-order valence-corrected chi connectivity index (χ3v) is 5.36. The number of nitrogens with one attached hydrogen (secondary N) is 2. The van der Waals surface area contributed by atoms with Crippen molar-refractivity contribution in [3.8, 4) is 22.4 Å². The highest BCUT2D eigenvalue weighted by Crippen LogP contribution is 2.29. The number of carbonyl (C=O) groups excluding carboxylic acids is 1. The van der Waals surface area contributed by atoms with Crippen molar-refractivity contribution in [2.24, 2.45) is 0 Å². The molecule has 0 saturated heterocycles. The van der Waals surface area contributed by atoms with E-state index in [1.54, 1.807) is 30.7 Å². The number of benzene rings is 2. The highest BCUT2D eigenvalue weighted by Gasteiger charge is 2.17. The number of hydrogen-bond acceptors (Lipinski definition) is 3. The lowest BCUT2D eigenvalue weighted by molar-refractivity contribution is 0.102. The van der Waals surface area contributed by atoms with Gasteiger partial charge in [0.15, 0.2) is 0 Å². The van der Waals surface area contributed by atoms with Crippen LogP contribution >= 0.6 is 11.6 Å². The minimum absolute atomic E-state index is 0.0889. The normalized spacial score (nSPS) is 11.1. The van der Waals surface area contributed by atoms with Crippen molar-refractivity contribution in [2.75, 3.05) is 5.32 Å². The number of nitrogens with zero attached hydrogens (tertiary/aromatic N) is 3. The standard InChI is InChI=1S/C23H14ClF2N5O/c24-17-8-13(4-6-16(17)23(32)30-22-18(25)2-1-3-19(22)26)20-11-27-21-7-5-14(12-31(20)21)15-9-28-29-10-15/h1-12H,(H,28,29)(H,30,32). The Labute approximate surface area is 185 Å². The van der Waals surface area contributed by atoms with Crippen molar-refractivity contribution in [1.82, 2.24) is 19.6 Å². The second kappa shape index (κ2) is 7.90. The van der Waals surface area contributed by atoms with Crippen LogP contribution in [0.25, 0.3) is 28.0 Å². The van der Waals surface area contributed by atoms with E-state index in [0.717, 1.165) is 40.2 Å². The maximum atomic E-state index is 13.9. The summed E-state index contributed by atoms with van der Waals surface area (Å²) >= 11 is 6.36. The molecule has 2 N–H and O–H groups in total. The number of aromatic nitrogens is 4. The summed E-state index contributed by atoms with van der Waals surface area (Å²) in [7, 11) is 0. The number of aromatic amines is 1. The first-order chi connectivity index (χ1) is 15.5. The summed E-state index contributed by atoms with van der Waals surface area (Å²) in [5, 5.41) is 9.14. The van der Waals surface area contributed by atoms with Crippen LogP contribution in [0.5, 0.6) is 0 Å². The van der Waals surface area contributed by atoms with Gasteiger partial charge in [-0.25, -0.2) is 13.8 Å². The molecule has 5 aromatic rings. The molecule has 5 rings (SSSR count). The number of anilines is 1. The third kappa shape index (κ3) is 3.50. The molecule has 1 amide bonds. The van der Waals surface area contributed by atoms with Crippen LogP contribution in [-0.4, -0.2) is 25.5 Å². The number of halogens is 3. The van der Waals surface area contributed by atoms with Crippen molar-refractivity contribution in [3.05, 3.63) is 95.5 Å². The van der Waals surface area contributed by atoms with E-state index in [1.165, 1.54) is 12.1 Å². The number of hydrogen-bond donors (Lipinski definition) is 2.